The van der Waals surface area contributed by atoms with Crippen molar-refractivity contribution in [1.29, 1.82) is 0 Å². The van der Waals surface area contributed by atoms with Gasteiger partial charge in [0.15, 0.2) is 0 Å². The molecule has 0 spiro atoms. The summed E-state index contributed by atoms with van der Waals surface area (Å²) in [7, 11) is 0. The van der Waals surface area contributed by atoms with E-state index in [1.165, 1.54) is 0 Å². The van der Waals surface area contributed by atoms with E-state index in [0.717, 1.165) is 19.3 Å². The summed E-state index contributed by atoms with van der Waals surface area (Å²) in [5.41, 5.74) is 5.38. The number of rotatable bonds is 4. The summed E-state index contributed by atoms with van der Waals surface area (Å²) in [5.74, 6) is 0.644. The molecule has 2 N–H and O–H groups in total. The van der Waals surface area contributed by atoms with Gasteiger partial charge in [-0.05, 0) is 24.7 Å². The third-order valence-electron chi connectivity index (χ3n) is 4.57. The molecule has 96 valence electrons. The second-order valence-electron chi connectivity index (χ2n) is 5.64. The molecule has 0 radical (unpaired) electrons. The summed E-state index contributed by atoms with van der Waals surface area (Å²) in [6, 6.07) is -0.0516. The molecule has 0 aromatic heterocycles. The molecule has 1 heterocycles. The number of nitrogens with two attached hydrogens (primary N) is 1. The normalized spacial score (nSPS) is 34.1. The third kappa shape index (κ3) is 2.05. The second-order valence-corrected chi connectivity index (χ2v) is 5.64. The Morgan fingerprint density at radius 3 is 2.53 bits per heavy atom. The molecule has 2 rings (SSSR count). The summed E-state index contributed by atoms with van der Waals surface area (Å²) < 4.78 is 0. The number of carbonyl (C=O) groups is 2. The zero-order valence-corrected chi connectivity index (χ0v) is 10.8. The number of carbonyl (C=O) groups excluding carboxylic acids is 2. The van der Waals surface area contributed by atoms with E-state index in [1.54, 1.807) is 4.90 Å². The average Bonchev–Trinajstić information content (AvgIpc) is 2.97. The molecule has 2 amide bonds. The lowest BCUT2D eigenvalue weighted by Gasteiger charge is -2.30. The highest BCUT2D eigenvalue weighted by atomic mass is 16.2. The smallest absolute Gasteiger partial charge is 0.240 e. The highest BCUT2D eigenvalue weighted by molar-refractivity contribution is 5.89. The minimum Gasteiger partial charge on any atom is -0.368 e. The molecular formula is C13H22N2O2. The standard InChI is InChI=1S/C13H22N2O2/c1-4-7(2)8(3)13(17)15-10-5-9(10)6-11(15)12(14)16/h7-11H,4-6H2,1-3H3,(H2,14,16). The van der Waals surface area contributed by atoms with Gasteiger partial charge in [0, 0.05) is 12.0 Å². The fourth-order valence-electron chi connectivity index (χ4n) is 2.86. The monoisotopic (exact) mass is 238 g/mol. The quantitative estimate of drug-likeness (QED) is 0.798. The van der Waals surface area contributed by atoms with Crippen molar-refractivity contribution in [2.75, 3.05) is 0 Å². The van der Waals surface area contributed by atoms with Crippen LogP contribution in [0.2, 0.25) is 0 Å². The minimum absolute atomic E-state index is 0.0128. The van der Waals surface area contributed by atoms with E-state index in [0.29, 0.717) is 17.9 Å². The highest BCUT2D eigenvalue weighted by Gasteiger charge is 2.56. The number of fused-ring (bicyclic) bond motifs is 1. The maximum atomic E-state index is 12.4. The maximum Gasteiger partial charge on any atom is 0.240 e. The summed E-state index contributed by atoms with van der Waals surface area (Å²) in [6.07, 6.45) is 2.82. The van der Waals surface area contributed by atoms with E-state index in [4.69, 9.17) is 5.73 Å². The van der Waals surface area contributed by atoms with Crippen LogP contribution in [0.5, 0.6) is 0 Å². The summed E-state index contributed by atoms with van der Waals surface area (Å²) >= 11 is 0. The molecule has 1 saturated carbocycles. The van der Waals surface area contributed by atoms with Gasteiger partial charge in [-0.3, -0.25) is 9.59 Å². The molecule has 2 aliphatic rings. The molecule has 5 unspecified atom stereocenters. The number of piperidine rings is 1. The Kier molecular flexibility index (Phi) is 3.15. The largest absolute Gasteiger partial charge is 0.368 e. The number of hydrogen-bond acceptors (Lipinski definition) is 2. The molecule has 0 aromatic rings. The van der Waals surface area contributed by atoms with Crippen molar-refractivity contribution in [1.82, 2.24) is 4.90 Å². The lowest BCUT2D eigenvalue weighted by Crippen LogP contribution is -2.48. The van der Waals surface area contributed by atoms with E-state index in [1.807, 2.05) is 6.92 Å². The molecule has 1 aliphatic carbocycles. The average molecular weight is 238 g/mol. The van der Waals surface area contributed by atoms with Gasteiger partial charge in [0.2, 0.25) is 11.8 Å². The van der Waals surface area contributed by atoms with E-state index < -0.39 is 0 Å². The van der Waals surface area contributed by atoms with Crippen molar-refractivity contribution >= 4 is 11.8 Å². The first-order valence-electron chi connectivity index (χ1n) is 6.58. The molecule has 0 aromatic carbocycles. The first-order valence-corrected chi connectivity index (χ1v) is 6.58. The summed E-state index contributed by atoms with van der Waals surface area (Å²) in [6.45, 7) is 6.14. The lowest BCUT2D eigenvalue weighted by atomic mass is 9.92. The van der Waals surface area contributed by atoms with E-state index in [-0.39, 0.29) is 23.8 Å². The van der Waals surface area contributed by atoms with Gasteiger partial charge in [0.05, 0.1) is 0 Å². The highest BCUT2D eigenvalue weighted by Crippen LogP contribution is 2.48. The SMILES string of the molecule is CCC(C)C(C)C(=O)N1C(C(N)=O)CC2CC21. The molecule has 1 saturated heterocycles. The molecule has 4 heteroatoms. The summed E-state index contributed by atoms with van der Waals surface area (Å²) in [4.78, 5) is 25.6. The first-order chi connectivity index (χ1) is 7.97. The Labute approximate surface area is 103 Å². The van der Waals surface area contributed by atoms with Gasteiger partial charge in [-0.25, -0.2) is 0 Å². The second kappa shape index (κ2) is 4.31. The van der Waals surface area contributed by atoms with Crippen molar-refractivity contribution < 1.29 is 9.59 Å². The number of primary amides is 1. The van der Waals surface area contributed by atoms with Crippen LogP contribution >= 0.6 is 0 Å². The van der Waals surface area contributed by atoms with Crippen LogP contribution < -0.4 is 5.73 Å². The number of nitrogens with zero attached hydrogens (tertiary/aromatic N) is 1. The molecular weight excluding hydrogens is 216 g/mol. The fraction of sp³-hybridized carbons (Fsp3) is 0.846. The van der Waals surface area contributed by atoms with Gasteiger partial charge in [0.1, 0.15) is 6.04 Å². The topological polar surface area (TPSA) is 63.4 Å². The maximum absolute atomic E-state index is 12.4. The zero-order chi connectivity index (χ0) is 12.7. The van der Waals surface area contributed by atoms with E-state index >= 15 is 0 Å². The predicted octanol–water partition coefficient (Wildman–Crippen LogP) is 1.14. The number of likely N-dealkylation sites (tertiary alicyclic amines) is 1. The van der Waals surface area contributed by atoms with Crippen LogP contribution in [0.3, 0.4) is 0 Å². The molecule has 4 nitrogen and oxygen atoms in total. The van der Waals surface area contributed by atoms with Crippen molar-refractivity contribution in [3.63, 3.8) is 0 Å². The summed E-state index contributed by atoms with van der Waals surface area (Å²) in [5, 5.41) is 0. The molecule has 1 aliphatic heterocycles. The number of hydrogen-bond donors (Lipinski definition) is 1. The molecule has 17 heavy (non-hydrogen) atoms. The van der Waals surface area contributed by atoms with Crippen molar-refractivity contribution in [2.24, 2.45) is 23.5 Å². The fourth-order valence-corrected chi connectivity index (χ4v) is 2.86. The Morgan fingerprint density at radius 1 is 1.35 bits per heavy atom. The van der Waals surface area contributed by atoms with Crippen LogP contribution in [-0.2, 0) is 9.59 Å². The molecule has 5 atom stereocenters. The van der Waals surface area contributed by atoms with Crippen molar-refractivity contribution in [3.05, 3.63) is 0 Å². The minimum atomic E-state index is -0.349. The van der Waals surface area contributed by atoms with E-state index in [9.17, 15) is 9.59 Å². The van der Waals surface area contributed by atoms with Crippen LogP contribution in [0.4, 0.5) is 0 Å². The van der Waals surface area contributed by atoms with Gasteiger partial charge in [0.25, 0.3) is 0 Å². The van der Waals surface area contributed by atoms with Crippen LogP contribution in [0.25, 0.3) is 0 Å². The predicted molar refractivity (Wildman–Crippen MR) is 65.0 cm³/mol. The van der Waals surface area contributed by atoms with Gasteiger partial charge in [-0.15, -0.1) is 0 Å². The van der Waals surface area contributed by atoms with Gasteiger partial charge in [-0.1, -0.05) is 27.2 Å². The van der Waals surface area contributed by atoms with Gasteiger partial charge < -0.3 is 10.6 Å². The number of amides is 2. The van der Waals surface area contributed by atoms with Gasteiger partial charge in [-0.2, -0.15) is 0 Å². The lowest BCUT2D eigenvalue weighted by molar-refractivity contribution is -0.142. The van der Waals surface area contributed by atoms with Crippen LogP contribution in [0.1, 0.15) is 40.0 Å². The van der Waals surface area contributed by atoms with Crippen molar-refractivity contribution in [2.45, 2.75) is 52.1 Å². The third-order valence-corrected chi connectivity index (χ3v) is 4.57. The Hall–Kier alpha value is -1.06. The Balaban J connectivity index is 2.09. The van der Waals surface area contributed by atoms with Crippen LogP contribution in [0, 0.1) is 17.8 Å². The Morgan fingerprint density at radius 2 is 2.00 bits per heavy atom. The zero-order valence-electron chi connectivity index (χ0n) is 10.8. The Bertz CT molecular complexity index is 342. The van der Waals surface area contributed by atoms with Gasteiger partial charge >= 0.3 is 0 Å². The molecule has 0 bridgehead atoms. The van der Waals surface area contributed by atoms with Crippen molar-refractivity contribution in [3.8, 4) is 0 Å². The van der Waals surface area contributed by atoms with Crippen LogP contribution in [0.15, 0.2) is 0 Å². The molecule has 2 fully saturated rings. The van der Waals surface area contributed by atoms with E-state index in [2.05, 4.69) is 13.8 Å². The first kappa shape index (κ1) is 12.4. The van der Waals surface area contributed by atoms with Crippen LogP contribution in [-0.4, -0.2) is 28.8 Å².